The van der Waals surface area contributed by atoms with E-state index in [1.54, 1.807) is 7.11 Å². The zero-order valence-corrected chi connectivity index (χ0v) is 15.6. The number of methoxy groups -OCH3 is 2. The van der Waals surface area contributed by atoms with Gasteiger partial charge in [0.25, 0.3) is 0 Å². The Bertz CT molecular complexity index is 729. The van der Waals surface area contributed by atoms with Gasteiger partial charge in [0, 0.05) is 12.0 Å². The largest absolute Gasteiger partial charge is 0.496 e. The Morgan fingerprint density at radius 1 is 1.12 bits per heavy atom. The predicted molar refractivity (Wildman–Crippen MR) is 98.9 cm³/mol. The molecule has 0 aromatic heterocycles. The lowest BCUT2D eigenvalue weighted by molar-refractivity contribution is -0.141. The summed E-state index contributed by atoms with van der Waals surface area (Å²) in [7, 11) is 3.16. The fourth-order valence-corrected chi connectivity index (χ4v) is 3.19. The number of carbonyl (C=O) groups excluding carboxylic acids is 1. The monoisotopic (exact) mass is 328 g/mol. The third-order valence-electron chi connectivity index (χ3n) is 4.78. The summed E-state index contributed by atoms with van der Waals surface area (Å²) in [6.45, 7) is 8.71. The summed E-state index contributed by atoms with van der Waals surface area (Å²) in [6, 6.07) is 10.7. The van der Waals surface area contributed by atoms with Crippen molar-refractivity contribution in [3.05, 3.63) is 41.5 Å². The maximum Gasteiger partial charge on any atom is 0.305 e. The molecule has 24 heavy (non-hydrogen) atoms. The zero-order valence-electron chi connectivity index (χ0n) is 15.6. The second kappa shape index (κ2) is 7.25. The Balaban J connectivity index is 2.43. The van der Waals surface area contributed by atoms with Crippen LogP contribution in [-0.2, 0) is 14.9 Å². The van der Waals surface area contributed by atoms with Crippen molar-refractivity contribution in [1.29, 1.82) is 0 Å². The molecule has 3 nitrogen and oxygen atoms in total. The van der Waals surface area contributed by atoms with Crippen molar-refractivity contribution in [3.63, 3.8) is 0 Å². The van der Waals surface area contributed by atoms with Crippen LogP contribution in [0.1, 0.15) is 57.6 Å². The molecular formula is C21H28O3. The average molecular weight is 328 g/mol. The number of hydrogen-bond donors (Lipinski definition) is 0. The van der Waals surface area contributed by atoms with Gasteiger partial charge in [0.2, 0.25) is 0 Å². The molecule has 0 fully saturated rings. The van der Waals surface area contributed by atoms with Gasteiger partial charge in [-0.1, -0.05) is 52.0 Å². The molecule has 0 saturated heterocycles. The van der Waals surface area contributed by atoms with Gasteiger partial charge in [0.1, 0.15) is 5.75 Å². The highest BCUT2D eigenvalue weighted by atomic mass is 16.5. The summed E-state index contributed by atoms with van der Waals surface area (Å²) in [4.78, 5) is 11.5. The molecule has 0 N–H and O–H groups in total. The van der Waals surface area contributed by atoms with E-state index in [4.69, 9.17) is 9.47 Å². The molecule has 0 amide bonds. The molecule has 0 saturated carbocycles. The van der Waals surface area contributed by atoms with Gasteiger partial charge in [0.05, 0.1) is 14.2 Å². The molecule has 2 aromatic rings. The molecule has 3 heteroatoms. The molecule has 0 unspecified atom stereocenters. The van der Waals surface area contributed by atoms with Crippen LogP contribution in [0, 0.1) is 0 Å². The summed E-state index contributed by atoms with van der Waals surface area (Å²) < 4.78 is 10.3. The van der Waals surface area contributed by atoms with Gasteiger partial charge in [-0.05, 0) is 40.2 Å². The van der Waals surface area contributed by atoms with Gasteiger partial charge in [-0.15, -0.1) is 0 Å². The van der Waals surface area contributed by atoms with Crippen molar-refractivity contribution in [1.82, 2.24) is 0 Å². The second-order valence-electron chi connectivity index (χ2n) is 7.23. The third kappa shape index (κ3) is 3.72. The van der Waals surface area contributed by atoms with Gasteiger partial charge in [0.15, 0.2) is 0 Å². The molecule has 0 bridgehead atoms. The van der Waals surface area contributed by atoms with Gasteiger partial charge in [-0.25, -0.2) is 0 Å². The molecule has 0 aliphatic rings. The summed E-state index contributed by atoms with van der Waals surface area (Å²) in [5.41, 5.74) is 2.40. The first-order chi connectivity index (χ1) is 11.3. The van der Waals surface area contributed by atoms with Crippen LogP contribution in [0.3, 0.4) is 0 Å². The molecular weight excluding hydrogens is 300 g/mol. The van der Waals surface area contributed by atoms with Crippen molar-refractivity contribution < 1.29 is 14.3 Å². The van der Waals surface area contributed by atoms with Crippen LogP contribution < -0.4 is 4.74 Å². The number of hydrogen-bond acceptors (Lipinski definition) is 3. The fraction of sp³-hybridized carbons (Fsp3) is 0.476. The minimum Gasteiger partial charge on any atom is -0.496 e. The minimum absolute atomic E-state index is 0.0830. The van der Waals surface area contributed by atoms with E-state index in [0.717, 1.165) is 12.2 Å². The Morgan fingerprint density at radius 3 is 2.42 bits per heavy atom. The molecule has 2 aromatic carbocycles. The Kier molecular flexibility index (Phi) is 5.53. The molecule has 0 heterocycles. The molecule has 0 aliphatic heterocycles. The van der Waals surface area contributed by atoms with Crippen LogP contribution in [0.25, 0.3) is 10.8 Å². The third-order valence-corrected chi connectivity index (χ3v) is 4.78. The predicted octanol–water partition coefficient (Wildman–Crippen LogP) is 5.20. The van der Waals surface area contributed by atoms with Crippen molar-refractivity contribution in [2.24, 2.45) is 0 Å². The number of ether oxygens (including phenoxy) is 2. The van der Waals surface area contributed by atoms with E-state index in [1.807, 2.05) is 6.07 Å². The topological polar surface area (TPSA) is 35.5 Å². The molecule has 0 aliphatic carbocycles. The Hall–Kier alpha value is -2.03. The van der Waals surface area contributed by atoms with Gasteiger partial charge >= 0.3 is 5.97 Å². The second-order valence-corrected chi connectivity index (χ2v) is 7.23. The number of carbonyl (C=O) groups is 1. The highest BCUT2D eigenvalue weighted by molar-refractivity contribution is 5.89. The van der Waals surface area contributed by atoms with Crippen molar-refractivity contribution >= 4 is 16.7 Å². The number of rotatable bonds is 6. The van der Waals surface area contributed by atoms with Crippen LogP contribution in [-0.4, -0.2) is 20.2 Å². The normalized spacial score (nSPS) is 11.8. The molecule has 0 spiro atoms. The fourth-order valence-electron chi connectivity index (χ4n) is 3.19. The Morgan fingerprint density at radius 2 is 1.83 bits per heavy atom. The van der Waals surface area contributed by atoms with E-state index < -0.39 is 0 Å². The van der Waals surface area contributed by atoms with E-state index in [0.29, 0.717) is 12.3 Å². The molecule has 2 rings (SSSR count). The summed E-state index contributed by atoms with van der Waals surface area (Å²) in [5.74, 6) is 1.17. The van der Waals surface area contributed by atoms with Crippen LogP contribution in [0.5, 0.6) is 5.75 Å². The average Bonchev–Trinajstić information content (AvgIpc) is 2.57. The van der Waals surface area contributed by atoms with E-state index in [-0.39, 0.29) is 11.4 Å². The van der Waals surface area contributed by atoms with Crippen LogP contribution in [0.4, 0.5) is 0 Å². The standard InChI is InChI=1S/C21H28O3/c1-14(2)20-17-9-8-16(13-15(17)7-10-18(20)23-5)21(3,4)12-11-19(22)24-6/h7-10,13-14H,11-12H2,1-6H3. The maximum absolute atomic E-state index is 11.5. The maximum atomic E-state index is 11.5. The number of fused-ring (bicyclic) bond motifs is 1. The Labute approximate surface area is 145 Å². The SMILES string of the molecule is COC(=O)CCC(C)(C)c1ccc2c(C(C)C)c(OC)ccc2c1. The summed E-state index contributed by atoms with van der Waals surface area (Å²) in [6.07, 6.45) is 1.19. The first-order valence-corrected chi connectivity index (χ1v) is 8.48. The van der Waals surface area contributed by atoms with Crippen LogP contribution >= 0.6 is 0 Å². The summed E-state index contributed by atoms with van der Waals surface area (Å²) in [5, 5.41) is 2.44. The highest BCUT2D eigenvalue weighted by Crippen LogP contribution is 2.37. The van der Waals surface area contributed by atoms with Crippen molar-refractivity contribution in [2.75, 3.05) is 14.2 Å². The van der Waals surface area contributed by atoms with Gasteiger partial charge < -0.3 is 9.47 Å². The molecule has 0 radical (unpaired) electrons. The van der Waals surface area contributed by atoms with Crippen molar-refractivity contribution in [3.8, 4) is 5.75 Å². The molecule has 130 valence electrons. The van der Waals surface area contributed by atoms with Crippen LogP contribution in [0.2, 0.25) is 0 Å². The number of benzene rings is 2. The molecule has 0 atom stereocenters. The van der Waals surface area contributed by atoms with E-state index in [9.17, 15) is 4.79 Å². The zero-order chi connectivity index (χ0) is 17.9. The lowest BCUT2D eigenvalue weighted by Crippen LogP contribution is -2.19. The van der Waals surface area contributed by atoms with Crippen molar-refractivity contribution in [2.45, 2.75) is 51.9 Å². The van der Waals surface area contributed by atoms with E-state index >= 15 is 0 Å². The van der Waals surface area contributed by atoms with E-state index in [1.165, 1.54) is 29.0 Å². The smallest absolute Gasteiger partial charge is 0.305 e. The van der Waals surface area contributed by atoms with E-state index in [2.05, 4.69) is 52.0 Å². The van der Waals surface area contributed by atoms with Gasteiger partial charge in [-0.3, -0.25) is 4.79 Å². The highest BCUT2D eigenvalue weighted by Gasteiger charge is 2.23. The first kappa shape index (κ1) is 18.3. The lowest BCUT2D eigenvalue weighted by Gasteiger charge is -2.26. The van der Waals surface area contributed by atoms with Gasteiger partial charge in [-0.2, -0.15) is 0 Å². The van der Waals surface area contributed by atoms with Crippen LogP contribution in [0.15, 0.2) is 30.3 Å². The quantitative estimate of drug-likeness (QED) is 0.683. The first-order valence-electron chi connectivity index (χ1n) is 8.48. The summed E-state index contributed by atoms with van der Waals surface area (Å²) >= 11 is 0. The number of esters is 1. The minimum atomic E-state index is -0.157. The lowest BCUT2D eigenvalue weighted by atomic mass is 9.79.